The molecule has 1 aromatic carbocycles. The number of nitrogens with zero attached hydrogens (tertiary/aromatic N) is 3. The van der Waals surface area contributed by atoms with Crippen LogP contribution in [-0.2, 0) is 35.8 Å². The van der Waals surface area contributed by atoms with Gasteiger partial charge in [0.1, 0.15) is 11.6 Å². The first-order chi connectivity index (χ1) is 15.7. The number of amides is 1. The Labute approximate surface area is 189 Å². The average Bonchev–Trinajstić information content (AvgIpc) is 3.13. The van der Waals surface area contributed by atoms with Gasteiger partial charge in [0.05, 0.1) is 25.9 Å². The second kappa shape index (κ2) is 10.7. The SMILES string of the molecule is COc1ccc(CN2CCn3cc(CNC(=O)C4CCC4)nc3C2)cc1.O=C(O)C(F)(F)F. The van der Waals surface area contributed by atoms with Gasteiger partial charge in [-0.2, -0.15) is 13.2 Å². The van der Waals surface area contributed by atoms with Crippen LogP contribution in [0.15, 0.2) is 30.5 Å². The molecule has 2 heterocycles. The standard InChI is InChI=1S/C20H26N4O2.C2HF3O2/c1-26-18-7-5-15(6-8-18)12-23-9-10-24-13-17(22-19(24)14-23)11-21-20(25)16-3-2-4-16;3-2(4,5)1(6)7/h5-8,13,16H,2-4,9-12,14H2,1H3,(H,21,25);(H,6,7). The number of halogens is 3. The molecule has 0 atom stereocenters. The van der Waals surface area contributed by atoms with Crippen molar-refractivity contribution in [1.82, 2.24) is 19.8 Å². The fraction of sp³-hybridized carbons (Fsp3) is 0.500. The van der Waals surface area contributed by atoms with Gasteiger partial charge < -0.3 is 19.7 Å². The third-order valence-corrected chi connectivity index (χ3v) is 5.66. The van der Waals surface area contributed by atoms with Crippen LogP contribution in [0.25, 0.3) is 0 Å². The van der Waals surface area contributed by atoms with E-state index in [1.54, 1.807) is 7.11 Å². The molecule has 2 aliphatic rings. The van der Waals surface area contributed by atoms with Crippen LogP contribution in [0.3, 0.4) is 0 Å². The van der Waals surface area contributed by atoms with Crippen molar-refractivity contribution in [2.75, 3.05) is 13.7 Å². The molecule has 0 unspecified atom stereocenters. The van der Waals surface area contributed by atoms with Crippen molar-refractivity contribution in [1.29, 1.82) is 0 Å². The van der Waals surface area contributed by atoms with Crippen LogP contribution < -0.4 is 10.1 Å². The Morgan fingerprint density at radius 2 is 1.88 bits per heavy atom. The number of ether oxygens (including phenoxy) is 1. The second-order valence-corrected chi connectivity index (χ2v) is 8.05. The summed E-state index contributed by atoms with van der Waals surface area (Å²) in [5.74, 6) is -0.378. The van der Waals surface area contributed by atoms with E-state index >= 15 is 0 Å². The van der Waals surface area contributed by atoms with Gasteiger partial charge in [0.15, 0.2) is 0 Å². The normalized spacial score (nSPS) is 16.1. The highest BCUT2D eigenvalue weighted by Crippen LogP contribution is 2.26. The maximum atomic E-state index is 12.0. The van der Waals surface area contributed by atoms with Gasteiger partial charge in [-0.15, -0.1) is 0 Å². The summed E-state index contributed by atoms with van der Waals surface area (Å²) in [7, 11) is 1.69. The summed E-state index contributed by atoms with van der Waals surface area (Å²) in [6.07, 6.45) is 0.250. The summed E-state index contributed by atoms with van der Waals surface area (Å²) in [5.41, 5.74) is 2.23. The van der Waals surface area contributed by atoms with Crippen molar-refractivity contribution in [3.63, 3.8) is 0 Å². The Morgan fingerprint density at radius 1 is 1.21 bits per heavy atom. The number of hydrogen-bond acceptors (Lipinski definition) is 5. The van der Waals surface area contributed by atoms with Crippen LogP contribution in [0.4, 0.5) is 13.2 Å². The number of methoxy groups -OCH3 is 1. The number of imidazole rings is 1. The number of carboxylic acids is 1. The third-order valence-electron chi connectivity index (χ3n) is 5.66. The number of alkyl halides is 3. The van der Waals surface area contributed by atoms with E-state index in [0.29, 0.717) is 6.54 Å². The number of carbonyl (C=O) groups is 2. The molecule has 180 valence electrons. The van der Waals surface area contributed by atoms with Crippen molar-refractivity contribution in [3.05, 3.63) is 47.5 Å². The monoisotopic (exact) mass is 468 g/mol. The zero-order valence-electron chi connectivity index (χ0n) is 18.3. The quantitative estimate of drug-likeness (QED) is 0.677. The van der Waals surface area contributed by atoms with Gasteiger partial charge in [0, 0.05) is 31.7 Å². The Bertz CT molecular complexity index is 956. The second-order valence-electron chi connectivity index (χ2n) is 8.05. The van der Waals surface area contributed by atoms with E-state index in [4.69, 9.17) is 19.6 Å². The molecule has 1 amide bonds. The summed E-state index contributed by atoms with van der Waals surface area (Å²) in [6.45, 7) is 4.22. The summed E-state index contributed by atoms with van der Waals surface area (Å²) < 4.78 is 39.2. The minimum absolute atomic E-state index is 0.184. The third kappa shape index (κ3) is 6.95. The van der Waals surface area contributed by atoms with Gasteiger partial charge in [0.2, 0.25) is 5.91 Å². The number of rotatable bonds is 6. The molecule has 0 saturated heterocycles. The van der Waals surface area contributed by atoms with Gasteiger partial charge in [-0.05, 0) is 30.5 Å². The number of aliphatic carboxylic acids is 1. The van der Waals surface area contributed by atoms with Crippen LogP contribution >= 0.6 is 0 Å². The maximum absolute atomic E-state index is 12.0. The molecule has 1 fully saturated rings. The van der Waals surface area contributed by atoms with Gasteiger partial charge >= 0.3 is 12.1 Å². The van der Waals surface area contributed by atoms with Gasteiger partial charge in [-0.25, -0.2) is 9.78 Å². The zero-order chi connectivity index (χ0) is 24.0. The van der Waals surface area contributed by atoms with Crippen LogP contribution in [0.2, 0.25) is 0 Å². The number of hydrogen-bond donors (Lipinski definition) is 2. The predicted octanol–water partition coefficient (Wildman–Crippen LogP) is 2.96. The highest BCUT2D eigenvalue weighted by atomic mass is 19.4. The lowest BCUT2D eigenvalue weighted by Gasteiger charge is -2.27. The van der Waals surface area contributed by atoms with E-state index in [1.807, 2.05) is 12.1 Å². The molecule has 11 heteroatoms. The molecule has 33 heavy (non-hydrogen) atoms. The van der Waals surface area contributed by atoms with Crippen LogP contribution in [0, 0.1) is 5.92 Å². The molecule has 2 aromatic rings. The lowest BCUT2D eigenvalue weighted by atomic mass is 9.85. The first kappa shape index (κ1) is 24.6. The lowest BCUT2D eigenvalue weighted by Crippen LogP contribution is -2.34. The molecule has 0 spiro atoms. The molecule has 1 saturated carbocycles. The molecular formula is C22H27F3N4O4. The van der Waals surface area contributed by atoms with E-state index in [9.17, 15) is 18.0 Å². The van der Waals surface area contributed by atoms with Gasteiger partial charge in [-0.3, -0.25) is 9.69 Å². The Hall–Kier alpha value is -3.08. The summed E-state index contributed by atoms with van der Waals surface area (Å²) in [6, 6.07) is 8.23. The van der Waals surface area contributed by atoms with Crippen molar-refractivity contribution in [2.24, 2.45) is 5.92 Å². The Morgan fingerprint density at radius 3 is 2.42 bits per heavy atom. The molecule has 0 bridgehead atoms. The number of nitrogens with one attached hydrogen (secondary N) is 1. The average molecular weight is 468 g/mol. The molecule has 1 aliphatic heterocycles. The van der Waals surface area contributed by atoms with Crippen molar-refractivity contribution < 1.29 is 32.6 Å². The fourth-order valence-electron chi connectivity index (χ4n) is 3.56. The minimum Gasteiger partial charge on any atom is -0.497 e. The zero-order valence-corrected chi connectivity index (χ0v) is 18.3. The van der Waals surface area contributed by atoms with E-state index in [-0.39, 0.29) is 11.8 Å². The topological polar surface area (TPSA) is 96.7 Å². The molecular weight excluding hydrogens is 441 g/mol. The van der Waals surface area contributed by atoms with Crippen molar-refractivity contribution >= 4 is 11.9 Å². The molecule has 2 N–H and O–H groups in total. The molecule has 1 aliphatic carbocycles. The molecule has 8 nitrogen and oxygen atoms in total. The summed E-state index contributed by atoms with van der Waals surface area (Å²) >= 11 is 0. The summed E-state index contributed by atoms with van der Waals surface area (Å²) in [5, 5.41) is 10.2. The molecule has 4 rings (SSSR count). The number of benzene rings is 1. The smallest absolute Gasteiger partial charge is 0.490 e. The fourth-order valence-corrected chi connectivity index (χ4v) is 3.56. The number of fused-ring (bicyclic) bond motifs is 1. The largest absolute Gasteiger partial charge is 0.497 e. The van der Waals surface area contributed by atoms with Crippen LogP contribution in [0.5, 0.6) is 5.75 Å². The van der Waals surface area contributed by atoms with Crippen molar-refractivity contribution in [3.8, 4) is 5.75 Å². The van der Waals surface area contributed by atoms with E-state index in [0.717, 1.165) is 56.3 Å². The van der Waals surface area contributed by atoms with Gasteiger partial charge in [-0.1, -0.05) is 18.6 Å². The van der Waals surface area contributed by atoms with Crippen molar-refractivity contribution in [2.45, 2.75) is 51.6 Å². The van der Waals surface area contributed by atoms with E-state index in [2.05, 4.69) is 33.1 Å². The van der Waals surface area contributed by atoms with Crippen LogP contribution in [-0.4, -0.2) is 51.3 Å². The van der Waals surface area contributed by atoms with Crippen LogP contribution in [0.1, 0.15) is 36.3 Å². The maximum Gasteiger partial charge on any atom is 0.490 e. The first-order valence-electron chi connectivity index (χ1n) is 10.6. The predicted molar refractivity (Wildman–Crippen MR) is 112 cm³/mol. The van der Waals surface area contributed by atoms with E-state index < -0.39 is 12.1 Å². The highest BCUT2D eigenvalue weighted by Gasteiger charge is 2.38. The van der Waals surface area contributed by atoms with E-state index in [1.165, 1.54) is 12.0 Å². The number of carbonyl (C=O) groups excluding carboxylic acids is 1. The highest BCUT2D eigenvalue weighted by molar-refractivity contribution is 5.79. The summed E-state index contributed by atoms with van der Waals surface area (Å²) in [4.78, 5) is 28.0. The lowest BCUT2D eigenvalue weighted by molar-refractivity contribution is -0.192. The minimum atomic E-state index is -5.08. The van der Waals surface area contributed by atoms with Gasteiger partial charge in [0.25, 0.3) is 0 Å². The number of aromatic nitrogens is 2. The molecule has 0 radical (unpaired) electrons. The first-order valence-corrected chi connectivity index (χ1v) is 10.6. The Balaban J connectivity index is 0.000000383. The molecule has 1 aromatic heterocycles. The Kier molecular flexibility index (Phi) is 7.96. The number of carboxylic acid groups (broad SMARTS) is 1.